The summed E-state index contributed by atoms with van der Waals surface area (Å²) in [5.41, 5.74) is 4.90. The molecule has 1 saturated heterocycles. The molecule has 1 atom stereocenters. The molecule has 1 aliphatic carbocycles. The molecule has 0 spiro atoms. The van der Waals surface area contributed by atoms with Crippen LogP contribution in [0, 0.1) is 5.92 Å². The van der Waals surface area contributed by atoms with Crippen LogP contribution in [0.2, 0.25) is 0 Å². The predicted octanol–water partition coefficient (Wildman–Crippen LogP) is 4.51. The second-order valence-corrected chi connectivity index (χ2v) is 7.18. The Bertz CT molecular complexity index is 780. The molecule has 27 heavy (non-hydrogen) atoms. The van der Waals surface area contributed by atoms with Crippen LogP contribution in [0.5, 0.6) is 0 Å². The van der Waals surface area contributed by atoms with Crippen LogP contribution in [0.3, 0.4) is 0 Å². The molecule has 4 heteroatoms. The maximum Gasteiger partial charge on any atom is 0.407 e. The van der Waals surface area contributed by atoms with Gasteiger partial charge in [0.1, 0.15) is 6.61 Å². The molecule has 2 aliphatic rings. The minimum Gasteiger partial charge on any atom is -0.449 e. The van der Waals surface area contributed by atoms with Gasteiger partial charge in [0.15, 0.2) is 0 Å². The molecular formula is C23H25NO3. The van der Waals surface area contributed by atoms with Crippen molar-refractivity contribution in [3.63, 3.8) is 0 Å². The molecular weight excluding hydrogens is 338 g/mol. The monoisotopic (exact) mass is 363 g/mol. The number of hydrogen-bond acceptors (Lipinski definition) is 3. The molecule has 0 radical (unpaired) electrons. The highest BCUT2D eigenvalue weighted by atomic mass is 16.5. The fourth-order valence-electron chi connectivity index (χ4n) is 4.22. The zero-order valence-electron chi connectivity index (χ0n) is 15.4. The maximum atomic E-state index is 12.4. The molecule has 4 nitrogen and oxygen atoms in total. The summed E-state index contributed by atoms with van der Waals surface area (Å²) in [6, 6.07) is 16.6. The zero-order chi connectivity index (χ0) is 18.6. The molecule has 0 saturated carbocycles. The van der Waals surface area contributed by atoms with E-state index >= 15 is 0 Å². The normalized spacial score (nSPS) is 17.6. The summed E-state index contributed by atoms with van der Waals surface area (Å²) in [6.07, 6.45) is 3.28. The van der Waals surface area contributed by atoms with E-state index in [2.05, 4.69) is 36.2 Å². The number of hydrogen-bond donors (Lipinski definition) is 1. The van der Waals surface area contributed by atoms with Gasteiger partial charge >= 0.3 is 6.09 Å². The molecule has 0 aromatic heterocycles. The molecule has 1 aliphatic heterocycles. The van der Waals surface area contributed by atoms with Crippen molar-refractivity contribution in [2.75, 3.05) is 19.8 Å². The number of ether oxygens (including phenoxy) is 2. The van der Waals surface area contributed by atoms with E-state index in [1.807, 2.05) is 24.3 Å². The SMILES string of the molecule is C=CC(NC(=O)OCC1c2ccccc2-c2ccccc21)C1CCOCC1. The summed E-state index contributed by atoms with van der Waals surface area (Å²) in [5.74, 6) is 0.435. The summed E-state index contributed by atoms with van der Waals surface area (Å²) in [6.45, 7) is 5.68. The van der Waals surface area contributed by atoms with Gasteiger partial charge in [-0.25, -0.2) is 4.79 Å². The maximum absolute atomic E-state index is 12.4. The number of fused-ring (bicyclic) bond motifs is 3. The van der Waals surface area contributed by atoms with E-state index in [0.29, 0.717) is 12.5 Å². The molecule has 1 N–H and O–H groups in total. The van der Waals surface area contributed by atoms with Crippen LogP contribution in [-0.4, -0.2) is 32.0 Å². The first-order chi connectivity index (χ1) is 13.3. The van der Waals surface area contributed by atoms with Crippen LogP contribution in [0.4, 0.5) is 4.79 Å². The summed E-state index contributed by atoms with van der Waals surface area (Å²) in [5, 5.41) is 2.97. The summed E-state index contributed by atoms with van der Waals surface area (Å²) >= 11 is 0. The van der Waals surface area contributed by atoms with E-state index in [9.17, 15) is 4.79 Å². The highest BCUT2D eigenvalue weighted by molar-refractivity contribution is 5.79. The van der Waals surface area contributed by atoms with Crippen LogP contribution < -0.4 is 5.32 Å². The van der Waals surface area contributed by atoms with E-state index in [1.54, 1.807) is 6.08 Å². The molecule has 0 bridgehead atoms. The van der Waals surface area contributed by atoms with Gasteiger partial charge in [-0.15, -0.1) is 6.58 Å². The van der Waals surface area contributed by atoms with Gasteiger partial charge in [-0.2, -0.15) is 0 Å². The lowest BCUT2D eigenvalue weighted by atomic mass is 9.92. The lowest BCUT2D eigenvalue weighted by molar-refractivity contribution is 0.0575. The molecule has 140 valence electrons. The first-order valence-corrected chi connectivity index (χ1v) is 9.59. The summed E-state index contributed by atoms with van der Waals surface area (Å²) in [7, 11) is 0. The molecule has 4 rings (SSSR count). The van der Waals surface area contributed by atoms with E-state index in [1.165, 1.54) is 22.3 Å². The summed E-state index contributed by atoms with van der Waals surface area (Å²) in [4.78, 5) is 12.4. The number of amides is 1. The molecule has 1 unspecified atom stereocenters. The number of carbonyl (C=O) groups is 1. The van der Waals surface area contributed by atoms with Crippen molar-refractivity contribution in [3.05, 3.63) is 72.3 Å². The third-order valence-corrected chi connectivity index (χ3v) is 5.66. The molecule has 2 aromatic carbocycles. The third kappa shape index (κ3) is 3.62. The smallest absolute Gasteiger partial charge is 0.407 e. The Morgan fingerprint density at radius 2 is 1.70 bits per heavy atom. The first-order valence-electron chi connectivity index (χ1n) is 9.59. The van der Waals surface area contributed by atoms with E-state index in [0.717, 1.165) is 26.1 Å². The highest BCUT2D eigenvalue weighted by Crippen LogP contribution is 2.44. The van der Waals surface area contributed by atoms with Crippen LogP contribution in [-0.2, 0) is 9.47 Å². The topological polar surface area (TPSA) is 47.6 Å². The fraction of sp³-hybridized carbons (Fsp3) is 0.348. The Balaban J connectivity index is 1.42. The van der Waals surface area contributed by atoms with Gasteiger partial charge < -0.3 is 14.8 Å². The van der Waals surface area contributed by atoms with Gasteiger partial charge in [-0.3, -0.25) is 0 Å². The van der Waals surface area contributed by atoms with Gasteiger partial charge in [-0.1, -0.05) is 54.6 Å². The van der Waals surface area contributed by atoms with Crippen molar-refractivity contribution in [1.29, 1.82) is 0 Å². The van der Waals surface area contributed by atoms with Crippen LogP contribution in [0.1, 0.15) is 29.9 Å². The standard InChI is InChI=1S/C23H25NO3/c1-2-22(16-11-13-26-14-12-16)24-23(25)27-15-21-19-9-5-3-7-17(19)18-8-4-6-10-20(18)21/h2-10,16,21-22H,1,11-15H2,(H,24,25). The largest absolute Gasteiger partial charge is 0.449 e. The first kappa shape index (κ1) is 17.8. The van der Waals surface area contributed by atoms with Crippen molar-refractivity contribution >= 4 is 6.09 Å². The van der Waals surface area contributed by atoms with Crippen molar-refractivity contribution in [3.8, 4) is 11.1 Å². The van der Waals surface area contributed by atoms with Gasteiger partial charge in [-0.05, 0) is 41.0 Å². The van der Waals surface area contributed by atoms with Crippen molar-refractivity contribution < 1.29 is 14.3 Å². The quantitative estimate of drug-likeness (QED) is 0.795. The lowest BCUT2D eigenvalue weighted by Gasteiger charge is -2.28. The molecule has 1 fully saturated rings. The van der Waals surface area contributed by atoms with Crippen molar-refractivity contribution in [1.82, 2.24) is 5.32 Å². The van der Waals surface area contributed by atoms with Gasteiger partial charge in [0.25, 0.3) is 0 Å². The molecule has 1 amide bonds. The summed E-state index contributed by atoms with van der Waals surface area (Å²) < 4.78 is 11.0. The van der Waals surface area contributed by atoms with Gasteiger partial charge in [0.05, 0.1) is 6.04 Å². The van der Waals surface area contributed by atoms with Crippen molar-refractivity contribution in [2.24, 2.45) is 5.92 Å². The Labute approximate surface area is 160 Å². The van der Waals surface area contributed by atoms with Crippen LogP contribution in [0.25, 0.3) is 11.1 Å². The Morgan fingerprint density at radius 1 is 1.11 bits per heavy atom. The van der Waals surface area contributed by atoms with E-state index in [4.69, 9.17) is 9.47 Å². The molecule has 1 heterocycles. The second kappa shape index (κ2) is 7.97. The minimum atomic E-state index is -0.381. The Hall–Kier alpha value is -2.59. The van der Waals surface area contributed by atoms with Crippen molar-refractivity contribution in [2.45, 2.75) is 24.8 Å². The Kier molecular flexibility index (Phi) is 5.26. The number of benzene rings is 2. The average Bonchev–Trinajstić information content (AvgIpc) is 3.05. The van der Waals surface area contributed by atoms with Crippen LogP contribution in [0.15, 0.2) is 61.2 Å². The van der Waals surface area contributed by atoms with Crippen LogP contribution >= 0.6 is 0 Å². The second-order valence-electron chi connectivity index (χ2n) is 7.18. The molecule has 2 aromatic rings. The van der Waals surface area contributed by atoms with E-state index < -0.39 is 0 Å². The number of rotatable bonds is 5. The fourth-order valence-corrected chi connectivity index (χ4v) is 4.22. The number of alkyl carbamates (subject to hydrolysis) is 1. The van der Waals surface area contributed by atoms with Gasteiger partial charge in [0.2, 0.25) is 0 Å². The number of nitrogens with one attached hydrogen (secondary N) is 1. The third-order valence-electron chi connectivity index (χ3n) is 5.66. The average molecular weight is 363 g/mol. The zero-order valence-corrected chi connectivity index (χ0v) is 15.4. The van der Waals surface area contributed by atoms with Gasteiger partial charge in [0, 0.05) is 19.1 Å². The van der Waals surface area contributed by atoms with E-state index in [-0.39, 0.29) is 18.1 Å². The Morgan fingerprint density at radius 3 is 2.30 bits per heavy atom. The predicted molar refractivity (Wildman–Crippen MR) is 106 cm³/mol. The minimum absolute atomic E-state index is 0.0772. The highest BCUT2D eigenvalue weighted by Gasteiger charge is 2.29. The lowest BCUT2D eigenvalue weighted by Crippen LogP contribution is -2.41. The number of carbonyl (C=O) groups excluding carboxylic acids is 1.